The number of aromatic nitrogens is 1. The fourth-order valence-electron chi connectivity index (χ4n) is 1.58. The summed E-state index contributed by atoms with van der Waals surface area (Å²) in [7, 11) is 0. The van der Waals surface area contributed by atoms with E-state index in [-0.39, 0.29) is 12.3 Å². The van der Waals surface area contributed by atoms with Crippen molar-refractivity contribution in [1.82, 2.24) is 4.98 Å². The molecule has 2 N–H and O–H groups in total. The van der Waals surface area contributed by atoms with Gasteiger partial charge in [-0.2, -0.15) is 0 Å². The highest BCUT2D eigenvalue weighted by Gasteiger charge is 2.06. The number of nitrogens with zero attached hydrogens (tertiary/aromatic N) is 1. The number of nitrogens with two attached hydrogens (primary N) is 1. The molecule has 0 saturated carbocycles. The lowest BCUT2D eigenvalue weighted by atomic mass is 10.1. The van der Waals surface area contributed by atoms with Crippen LogP contribution in [0.15, 0.2) is 29.6 Å². The van der Waals surface area contributed by atoms with Crippen molar-refractivity contribution < 1.29 is 4.79 Å². The summed E-state index contributed by atoms with van der Waals surface area (Å²) in [6.45, 7) is 2.13. The van der Waals surface area contributed by atoms with Gasteiger partial charge in [0.05, 0.1) is 12.1 Å². The second-order valence-corrected chi connectivity index (χ2v) is 4.76. The van der Waals surface area contributed by atoms with Crippen LogP contribution in [0, 0.1) is 0 Å². The highest BCUT2D eigenvalue weighted by Crippen LogP contribution is 2.22. The number of amides is 1. The van der Waals surface area contributed by atoms with Crippen molar-refractivity contribution in [3.63, 3.8) is 0 Å². The van der Waals surface area contributed by atoms with Gasteiger partial charge in [-0.15, -0.1) is 11.3 Å². The summed E-state index contributed by atoms with van der Waals surface area (Å²) in [5, 5.41) is 2.73. The number of benzene rings is 1. The van der Waals surface area contributed by atoms with Crippen LogP contribution in [0.5, 0.6) is 0 Å². The van der Waals surface area contributed by atoms with Crippen LogP contribution in [-0.2, 0) is 17.6 Å². The highest BCUT2D eigenvalue weighted by molar-refractivity contribution is 7.10. The van der Waals surface area contributed by atoms with E-state index in [1.54, 1.807) is 0 Å². The van der Waals surface area contributed by atoms with E-state index in [4.69, 9.17) is 5.73 Å². The van der Waals surface area contributed by atoms with Crippen molar-refractivity contribution in [2.75, 3.05) is 0 Å². The van der Waals surface area contributed by atoms with Gasteiger partial charge in [0.2, 0.25) is 5.91 Å². The second-order valence-electron chi connectivity index (χ2n) is 3.82. The zero-order valence-electron chi connectivity index (χ0n) is 9.64. The summed E-state index contributed by atoms with van der Waals surface area (Å²) in [6.07, 6.45) is 1.25. The molecule has 0 spiro atoms. The molecule has 1 heterocycles. The van der Waals surface area contributed by atoms with Crippen LogP contribution in [0.25, 0.3) is 11.3 Å². The molecule has 2 aromatic rings. The minimum atomic E-state index is -0.341. The molecular formula is C13H14N2OS. The molecule has 1 aromatic heterocycles. The van der Waals surface area contributed by atoms with Gasteiger partial charge in [0.1, 0.15) is 5.01 Å². The average Bonchev–Trinajstić information content (AvgIpc) is 2.77. The van der Waals surface area contributed by atoms with E-state index in [0.29, 0.717) is 0 Å². The lowest BCUT2D eigenvalue weighted by molar-refractivity contribution is -0.117. The van der Waals surface area contributed by atoms with Gasteiger partial charge in [0.25, 0.3) is 0 Å². The maximum Gasteiger partial charge on any atom is 0.224 e. The van der Waals surface area contributed by atoms with Gasteiger partial charge in [0.15, 0.2) is 0 Å². The first-order valence-electron chi connectivity index (χ1n) is 5.51. The summed E-state index contributed by atoms with van der Waals surface area (Å²) in [4.78, 5) is 15.2. The number of rotatable bonds is 4. The SMILES string of the molecule is CCc1ccc(-c2csc(CC(N)=O)n2)cc1. The maximum atomic E-state index is 10.8. The van der Waals surface area contributed by atoms with Gasteiger partial charge in [-0.25, -0.2) is 4.98 Å². The Morgan fingerprint density at radius 2 is 2.06 bits per heavy atom. The largest absolute Gasteiger partial charge is 0.369 e. The molecule has 0 saturated heterocycles. The van der Waals surface area contributed by atoms with Crippen LogP contribution in [0.1, 0.15) is 17.5 Å². The zero-order chi connectivity index (χ0) is 12.3. The molecule has 4 heteroatoms. The van der Waals surface area contributed by atoms with Gasteiger partial charge >= 0.3 is 0 Å². The lowest BCUT2D eigenvalue weighted by Gasteiger charge is -1.99. The van der Waals surface area contributed by atoms with E-state index >= 15 is 0 Å². The number of thiazole rings is 1. The molecule has 0 aliphatic carbocycles. The summed E-state index contributed by atoms with van der Waals surface area (Å²) >= 11 is 1.47. The number of hydrogen-bond acceptors (Lipinski definition) is 3. The van der Waals surface area contributed by atoms with E-state index < -0.39 is 0 Å². The van der Waals surface area contributed by atoms with Crippen LogP contribution in [-0.4, -0.2) is 10.9 Å². The van der Waals surface area contributed by atoms with E-state index in [1.807, 2.05) is 5.38 Å². The third kappa shape index (κ3) is 2.91. The first-order chi connectivity index (χ1) is 8.19. The molecule has 0 atom stereocenters. The minimum Gasteiger partial charge on any atom is -0.369 e. The van der Waals surface area contributed by atoms with Crippen molar-refractivity contribution >= 4 is 17.2 Å². The Balaban J connectivity index is 2.21. The smallest absolute Gasteiger partial charge is 0.224 e. The van der Waals surface area contributed by atoms with E-state index in [2.05, 4.69) is 36.2 Å². The monoisotopic (exact) mass is 246 g/mol. The molecule has 0 fully saturated rings. The van der Waals surface area contributed by atoms with E-state index in [1.165, 1.54) is 16.9 Å². The lowest BCUT2D eigenvalue weighted by Crippen LogP contribution is -2.13. The maximum absolute atomic E-state index is 10.8. The Labute approximate surface area is 104 Å². The fraction of sp³-hybridized carbons (Fsp3) is 0.231. The van der Waals surface area contributed by atoms with E-state index in [0.717, 1.165) is 22.7 Å². The molecule has 1 aromatic carbocycles. The third-order valence-corrected chi connectivity index (χ3v) is 3.38. The standard InChI is InChI=1S/C13H14N2OS/c1-2-9-3-5-10(6-4-9)11-8-17-13(15-11)7-12(14)16/h3-6,8H,2,7H2,1H3,(H2,14,16). The highest BCUT2D eigenvalue weighted by atomic mass is 32.1. The van der Waals surface area contributed by atoms with E-state index in [9.17, 15) is 4.79 Å². The molecule has 0 radical (unpaired) electrons. The zero-order valence-corrected chi connectivity index (χ0v) is 10.5. The number of hydrogen-bond donors (Lipinski definition) is 1. The Hall–Kier alpha value is -1.68. The van der Waals surface area contributed by atoms with Crippen molar-refractivity contribution in [2.45, 2.75) is 19.8 Å². The second kappa shape index (κ2) is 5.10. The Morgan fingerprint density at radius 1 is 1.35 bits per heavy atom. The van der Waals surface area contributed by atoms with Crippen LogP contribution >= 0.6 is 11.3 Å². The van der Waals surface area contributed by atoms with Crippen molar-refractivity contribution in [3.8, 4) is 11.3 Å². The quantitative estimate of drug-likeness (QED) is 0.900. The van der Waals surface area contributed by atoms with Gasteiger partial charge in [0, 0.05) is 10.9 Å². The van der Waals surface area contributed by atoms with Gasteiger partial charge in [-0.1, -0.05) is 31.2 Å². The first kappa shape index (κ1) is 11.8. The minimum absolute atomic E-state index is 0.220. The van der Waals surface area contributed by atoms with Crippen LogP contribution in [0.2, 0.25) is 0 Å². The predicted octanol–water partition coefficient (Wildman–Crippen LogP) is 2.40. The third-order valence-electron chi connectivity index (χ3n) is 2.54. The molecule has 17 heavy (non-hydrogen) atoms. The Bertz CT molecular complexity index is 516. The van der Waals surface area contributed by atoms with Crippen molar-refractivity contribution in [3.05, 3.63) is 40.2 Å². The molecule has 88 valence electrons. The van der Waals surface area contributed by atoms with Crippen LogP contribution in [0.4, 0.5) is 0 Å². The summed E-state index contributed by atoms with van der Waals surface area (Å²) in [6, 6.07) is 8.31. The summed E-state index contributed by atoms with van der Waals surface area (Å²) in [5.41, 5.74) is 8.43. The molecular weight excluding hydrogens is 232 g/mol. The number of carbonyl (C=O) groups is 1. The average molecular weight is 246 g/mol. The molecule has 0 unspecified atom stereocenters. The van der Waals surface area contributed by atoms with Crippen molar-refractivity contribution in [1.29, 1.82) is 0 Å². The molecule has 0 aliphatic heterocycles. The van der Waals surface area contributed by atoms with Gasteiger partial charge in [-0.3, -0.25) is 4.79 Å². The fourth-order valence-corrected chi connectivity index (χ4v) is 2.40. The number of aryl methyl sites for hydroxylation is 1. The molecule has 2 rings (SSSR count). The molecule has 3 nitrogen and oxygen atoms in total. The molecule has 1 amide bonds. The van der Waals surface area contributed by atoms with Crippen molar-refractivity contribution in [2.24, 2.45) is 5.73 Å². The van der Waals surface area contributed by atoms with Crippen LogP contribution in [0.3, 0.4) is 0 Å². The predicted molar refractivity (Wildman–Crippen MR) is 69.8 cm³/mol. The number of primary amides is 1. The van der Waals surface area contributed by atoms with Gasteiger partial charge < -0.3 is 5.73 Å². The molecule has 0 aliphatic rings. The summed E-state index contributed by atoms with van der Waals surface area (Å²) in [5.74, 6) is -0.341. The van der Waals surface area contributed by atoms with Crippen LogP contribution < -0.4 is 5.73 Å². The Kier molecular flexibility index (Phi) is 3.54. The summed E-state index contributed by atoms with van der Waals surface area (Å²) < 4.78 is 0. The number of carbonyl (C=O) groups excluding carboxylic acids is 1. The topological polar surface area (TPSA) is 56.0 Å². The van der Waals surface area contributed by atoms with Gasteiger partial charge in [-0.05, 0) is 12.0 Å². The normalized spacial score (nSPS) is 10.4. The first-order valence-corrected chi connectivity index (χ1v) is 6.39. The Morgan fingerprint density at radius 3 is 2.65 bits per heavy atom. The molecule has 0 bridgehead atoms.